The molecule has 0 aromatic rings. The fourth-order valence-electron chi connectivity index (χ4n) is 7.21. The summed E-state index contributed by atoms with van der Waals surface area (Å²) in [6.45, 7) is 3.25. The van der Waals surface area contributed by atoms with Crippen LogP contribution >= 0.6 is 7.82 Å². The van der Waals surface area contributed by atoms with Crippen LogP contribution in [0.3, 0.4) is 0 Å². The molecule has 0 radical (unpaired) electrons. The lowest BCUT2D eigenvalue weighted by Gasteiger charge is -2.41. The Balaban J connectivity index is 2.45. The number of aliphatic hydroxyl groups excluding tert-OH is 5. The summed E-state index contributed by atoms with van der Waals surface area (Å²) in [5, 5.41) is 50.2. The molecule has 366 valence electrons. The van der Waals surface area contributed by atoms with E-state index in [2.05, 4.69) is 62.5 Å². The smallest absolute Gasteiger partial charge is 0.462 e. The fraction of sp³-hybridized carbons (Fsp3) is 0.796. The van der Waals surface area contributed by atoms with Crippen LogP contribution in [0, 0.1) is 0 Å². The number of rotatable bonds is 40. The minimum Gasteiger partial charge on any atom is -0.462 e. The van der Waals surface area contributed by atoms with E-state index >= 15 is 0 Å². The van der Waals surface area contributed by atoms with Gasteiger partial charge in [0.15, 0.2) is 6.10 Å². The van der Waals surface area contributed by atoms with Gasteiger partial charge in [0.25, 0.3) is 0 Å². The van der Waals surface area contributed by atoms with Crippen molar-refractivity contribution < 1.29 is 63.1 Å². The number of esters is 2. The summed E-state index contributed by atoms with van der Waals surface area (Å²) in [6, 6.07) is 0. The third kappa shape index (κ3) is 31.4. The zero-order valence-corrected chi connectivity index (χ0v) is 39.8. The minimum atomic E-state index is -5.13. The highest BCUT2D eigenvalue weighted by Crippen LogP contribution is 2.47. The summed E-state index contributed by atoms with van der Waals surface area (Å²) in [6.07, 6.45) is 33.0. The van der Waals surface area contributed by atoms with Crippen LogP contribution in [0.2, 0.25) is 0 Å². The van der Waals surface area contributed by atoms with Crippen molar-refractivity contribution >= 4 is 19.8 Å². The predicted octanol–water partition coefficient (Wildman–Crippen LogP) is 9.95. The molecule has 6 unspecified atom stereocenters. The van der Waals surface area contributed by atoms with Gasteiger partial charge in [-0.15, -0.1) is 0 Å². The molecular formula is C49H87O13P. The molecule has 0 saturated heterocycles. The Bertz CT molecular complexity index is 1290. The number of allylic oxidation sites excluding steroid dienone is 8. The van der Waals surface area contributed by atoms with Crippen molar-refractivity contribution in [3.63, 3.8) is 0 Å². The van der Waals surface area contributed by atoms with Crippen LogP contribution in [0.4, 0.5) is 0 Å². The van der Waals surface area contributed by atoms with E-state index in [4.69, 9.17) is 18.5 Å². The average molecular weight is 915 g/mol. The number of hydrogen-bond donors (Lipinski definition) is 6. The third-order valence-electron chi connectivity index (χ3n) is 11.2. The van der Waals surface area contributed by atoms with Gasteiger partial charge in [-0.25, -0.2) is 4.57 Å². The number of carbonyl (C=O) groups excluding carboxylic acids is 2. The Kier molecular flexibility index (Phi) is 36.4. The lowest BCUT2D eigenvalue weighted by atomic mass is 9.85. The second-order valence-electron chi connectivity index (χ2n) is 17.0. The van der Waals surface area contributed by atoms with Gasteiger partial charge in [-0.1, -0.05) is 172 Å². The Hall–Kier alpha value is -2.19. The van der Waals surface area contributed by atoms with Crippen molar-refractivity contribution in [2.24, 2.45) is 0 Å². The fourth-order valence-corrected chi connectivity index (χ4v) is 8.18. The lowest BCUT2D eigenvalue weighted by molar-refractivity contribution is -0.220. The molecule has 1 fully saturated rings. The van der Waals surface area contributed by atoms with Gasteiger partial charge in [0.05, 0.1) is 6.61 Å². The van der Waals surface area contributed by atoms with Crippen molar-refractivity contribution in [1.82, 2.24) is 0 Å². The van der Waals surface area contributed by atoms with Crippen LogP contribution in [0.5, 0.6) is 0 Å². The molecule has 0 aromatic heterocycles. The van der Waals surface area contributed by atoms with E-state index in [9.17, 15) is 44.6 Å². The molecule has 13 nitrogen and oxygen atoms in total. The van der Waals surface area contributed by atoms with Gasteiger partial charge in [0.2, 0.25) is 0 Å². The molecule has 0 aromatic carbocycles. The minimum absolute atomic E-state index is 0.0913. The quantitative estimate of drug-likeness (QED) is 0.0147. The number of phosphoric ester groups is 1. The first-order valence-corrected chi connectivity index (χ1v) is 25.9. The molecule has 1 saturated carbocycles. The number of phosphoric acid groups is 1. The molecule has 14 heteroatoms. The van der Waals surface area contributed by atoms with E-state index in [1.54, 1.807) is 0 Å². The third-order valence-corrected chi connectivity index (χ3v) is 12.2. The van der Waals surface area contributed by atoms with Gasteiger partial charge in [-0.3, -0.25) is 18.6 Å². The Morgan fingerprint density at radius 3 is 1.33 bits per heavy atom. The first-order chi connectivity index (χ1) is 30.4. The van der Waals surface area contributed by atoms with Gasteiger partial charge in [0, 0.05) is 12.8 Å². The highest BCUT2D eigenvalue weighted by molar-refractivity contribution is 7.47. The van der Waals surface area contributed by atoms with Crippen LogP contribution < -0.4 is 0 Å². The van der Waals surface area contributed by atoms with Crippen LogP contribution in [0.15, 0.2) is 48.6 Å². The Labute approximate surface area is 380 Å². The maximum atomic E-state index is 12.8. The van der Waals surface area contributed by atoms with Crippen LogP contribution in [-0.2, 0) is 32.7 Å². The monoisotopic (exact) mass is 915 g/mol. The molecule has 63 heavy (non-hydrogen) atoms. The van der Waals surface area contributed by atoms with E-state index in [1.165, 1.54) is 83.5 Å². The summed E-state index contributed by atoms with van der Waals surface area (Å²) in [4.78, 5) is 35.7. The molecule has 0 heterocycles. The topological polar surface area (TPSA) is 210 Å². The summed E-state index contributed by atoms with van der Waals surface area (Å²) in [7, 11) is -5.13. The Morgan fingerprint density at radius 1 is 0.492 bits per heavy atom. The van der Waals surface area contributed by atoms with Gasteiger partial charge in [0.1, 0.15) is 43.2 Å². The molecular weight excluding hydrogens is 827 g/mol. The highest BCUT2D eigenvalue weighted by atomic mass is 31.2. The van der Waals surface area contributed by atoms with E-state index in [1.807, 2.05) is 0 Å². The van der Waals surface area contributed by atoms with Gasteiger partial charge in [-0.05, 0) is 57.8 Å². The summed E-state index contributed by atoms with van der Waals surface area (Å²) in [5.74, 6) is -1.13. The number of ether oxygens (including phenoxy) is 2. The van der Waals surface area contributed by atoms with Crippen LogP contribution in [-0.4, -0.2) is 98.3 Å². The number of unbranched alkanes of at least 4 members (excludes halogenated alkanes) is 20. The van der Waals surface area contributed by atoms with Crippen molar-refractivity contribution in [3.8, 4) is 0 Å². The number of aliphatic hydroxyl groups is 5. The maximum Gasteiger partial charge on any atom is 0.472 e. The SMILES string of the molecule is CCCCC/C=C\C/C=C\C/C=C\C/C=C\CCCCCC(=O)OC[C@H](COP(=O)(O)OC1C(O)C(O)C(O)[C@@H](O)C1O)OC(=O)CCCCCCCCCCCCCCCCC. The van der Waals surface area contributed by atoms with E-state index in [-0.39, 0.29) is 12.8 Å². The molecule has 1 rings (SSSR count). The molecule has 1 aliphatic carbocycles. The largest absolute Gasteiger partial charge is 0.472 e. The van der Waals surface area contributed by atoms with Gasteiger partial charge in [-0.2, -0.15) is 0 Å². The van der Waals surface area contributed by atoms with E-state index < -0.39 is 75.7 Å². The summed E-state index contributed by atoms with van der Waals surface area (Å²) in [5.41, 5.74) is 0. The van der Waals surface area contributed by atoms with Gasteiger partial charge < -0.3 is 39.9 Å². The second-order valence-corrected chi connectivity index (χ2v) is 18.4. The normalized spacial score (nSPS) is 22.1. The van der Waals surface area contributed by atoms with Gasteiger partial charge >= 0.3 is 19.8 Å². The van der Waals surface area contributed by atoms with Crippen molar-refractivity contribution in [2.45, 2.75) is 236 Å². The molecule has 1 aliphatic rings. The predicted molar refractivity (Wildman–Crippen MR) is 249 cm³/mol. The molecule has 8 atom stereocenters. The van der Waals surface area contributed by atoms with Crippen molar-refractivity contribution in [2.75, 3.05) is 13.2 Å². The summed E-state index contributed by atoms with van der Waals surface area (Å²) < 4.78 is 33.5. The first kappa shape index (κ1) is 58.8. The summed E-state index contributed by atoms with van der Waals surface area (Å²) >= 11 is 0. The zero-order chi connectivity index (χ0) is 46.4. The maximum absolute atomic E-state index is 12.8. The Morgan fingerprint density at radius 2 is 0.857 bits per heavy atom. The van der Waals surface area contributed by atoms with E-state index in [0.29, 0.717) is 12.8 Å². The molecule has 0 bridgehead atoms. The molecule has 0 amide bonds. The molecule has 0 spiro atoms. The molecule has 6 N–H and O–H groups in total. The number of carbonyl (C=O) groups is 2. The zero-order valence-electron chi connectivity index (χ0n) is 38.9. The second kappa shape index (κ2) is 39.0. The molecule has 0 aliphatic heterocycles. The highest BCUT2D eigenvalue weighted by Gasteiger charge is 2.51. The van der Waals surface area contributed by atoms with E-state index in [0.717, 1.165) is 70.6 Å². The number of hydrogen-bond acceptors (Lipinski definition) is 12. The van der Waals surface area contributed by atoms with Crippen LogP contribution in [0.1, 0.15) is 194 Å². The standard InChI is InChI=1S/C49H87O13P/c1-3-5-7-9-11-13-15-17-19-20-21-22-24-25-27-29-31-33-35-37-42(50)59-39-41(40-60-63(57,58)62-49-47(55)45(53)44(52)46(54)48(49)56)61-43(51)38-36-34-32-30-28-26-23-18-16-14-12-10-8-6-4-2/h11,13,17,19,21-22,25,27,41,44-49,52-56H,3-10,12,14-16,18,20,23-24,26,28-40H2,1-2H3,(H,57,58)/b13-11-,19-17-,22-21-,27-25-/t41-,44?,45-,46?,47?,48?,49?/m1/s1. The van der Waals surface area contributed by atoms with Crippen molar-refractivity contribution in [1.29, 1.82) is 0 Å². The van der Waals surface area contributed by atoms with Crippen molar-refractivity contribution in [3.05, 3.63) is 48.6 Å². The first-order valence-electron chi connectivity index (χ1n) is 24.4. The average Bonchev–Trinajstić information content (AvgIpc) is 3.26. The van der Waals surface area contributed by atoms with Crippen LogP contribution in [0.25, 0.3) is 0 Å². The lowest BCUT2D eigenvalue weighted by Crippen LogP contribution is -2.64.